The summed E-state index contributed by atoms with van der Waals surface area (Å²) in [4.78, 5) is 25.4. The fraction of sp³-hybridized carbons (Fsp3) is 0.714. The highest BCUT2D eigenvalue weighted by Gasteiger charge is 2.77. The van der Waals surface area contributed by atoms with E-state index in [0.29, 0.717) is 0 Å². The first-order valence-electron chi connectivity index (χ1n) is 9.42. The third kappa shape index (κ3) is 2.10. The molecule has 0 aliphatic heterocycles. The van der Waals surface area contributed by atoms with Crippen LogP contribution in [0.2, 0.25) is 0 Å². The molecule has 2 saturated carbocycles. The Hall–Kier alpha value is -1.46. The number of carbonyl (C=O) groups excluding carboxylic acids is 2. The molecule has 0 heterocycles. The van der Waals surface area contributed by atoms with Crippen molar-refractivity contribution in [2.75, 3.05) is 0 Å². The van der Waals surface area contributed by atoms with Gasteiger partial charge in [-0.3, -0.25) is 9.59 Å². The summed E-state index contributed by atoms with van der Waals surface area (Å²) in [5, 5.41) is 33.8. The van der Waals surface area contributed by atoms with E-state index in [1.807, 2.05) is 41.5 Å². The molecule has 0 aromatic rings. The average molecular weight is 362 g/mol. The molecule has 4 atom stereocenters. The van der Waals surface area contributed by atoms with Crippen molar-refractivity contribution in [3.8, 4) is 0 Å². The Labute approximate surface area is 154 Å². The molecule has 3 rings (SSSR count). The minimum absolute atomic E-state index is 0.0317. The van der Waals surface area contributed by atoms with Gasteiger partial charge in [-0.1, -0.05) is 38.8 Å². The fourth-order valence-electron chi connectivity index (χ4n) is 5.74. The van der Waals surface area contributed by atoms with E-state index in [4.69, 9.17) is 0 Å². The topological polar surface area (TPSA) is 94.8 Å². The van der Waals surface area contributed by atoms with Gasteiger partial charge in [0.05, 0.1) is 5.92 Å². The van der Waals surface area contributed by atoms with E-state index in [0.717, 1.165) is 11.1 Å². The van der Waals surface area contributed by atoms with Crippen molar-refractivity contribution >= 4 is 11.6 Å². The van der Waals surface area contributed by atoms with E-state index in [2.05, 4.69) is 0 Å². The summed E-state index contributed by atoms with van der Waals surface area (Å²) in [7, 11) is 0. The molecule has 0 bridgehead atoms. The van der Waals surface area contributed by atoms with E-state index in [1.54, 1.807) is 0 Å². The number of ketones is 2. The standard InChI is InChI=1S/C21H30O5/c1-10(2)7-14(22)16-17(23)12-8-15-19(5,6)13(11(3)4)9-20(15,25)21(12,26)18(16)24/h10,12,15,24-26H,7-9H2,1-6H3/t12-,15+,20+,21+/m1/s1. The minimum atomic E-state index is -2.08. The second-order valence-electron chi connectivity index (χ2n) is 9.52. The Morgan fingerprint density at radius 2 is 1.81 bits per heavy atom. The van der Waals surface area contributed by atoms with Gasteiger partial charge in [0.15, 0.2) is 17.2 Å². The van der Waals surface area contributed by atoms with E-state index in [1.165, 1.54) is 0 Å². The Kier molecular flexibility index (Phi) is 4.10. The smallest absolute Gasteiger partial charge is 0.176 e. The zero-order valence-corrected chi connectivity index (χ0v) is 16.5. The second-order valence-corrected chi connectivity index (χ2v) is 9.52. The summed E-state index contributed by atoms with van der Waals surface area (Å²) in [5.41, 5.74) is -2.31. The molecule has 3 aliphatic rings. The number of rotatable bonds is 3. The molecule has 2 fully saturated rings. The van der Waals surface area contributed by atoms with Crippen LogP contribution in [0.1, 0.15) is 60.8 Å². The van der Waals surface area contributed by atoms with Crippen LogP contribution < -0.4 is 0 Å². The van der Waals surface area contributed by atoms with E-state index in [9.17, 15) is 24.9 Å². The number of allylic oxidation sites excluding steroid dienone is 2. The summed E-state index contributed by atoms with van der Waals surface area (Å²) in [6.45, 7) is 11.7. The molecule has 0 amide bonds. The number of Topliss-reactive ketones (excluding diaryl/α,β-unsaturated/α-hetero) is 2. The number of hydrogen-bond donors (Lipinski definition) is 3. The first-order chi connectivity index (χ1) is 11.8. The highest BCUT2D eigenvalue weighted by Crippen LogP contribution is 2.68. The van der Waals surface area contributed by atoms with Crippen LogP contribution >= 0.6 is 0 Å². The van der Waals surface area contributed by atoms with Gasteiger partial charge >= 0.3 is 0 Å². The van der Waals surface area contributed by atoms with Gasteiger partial charge in [-0.25, -0.2) is 0 Å². The quantitative estimate of drug-likeness (QED) is 0.530. The maximum absolute atomic E-state index is 12.9. The fourth-order valence-corrected chi connectivity index (χ4v) is 5.74. The molecule has 0 aromatic heterocycles. The summed E-state index contributed by atoms with van der Waals surface area (Å²) in [6, 6.07) is 0. The van der Waals surface area contributed by atoms with E-state index < -0.39 is 39.9 Å². The van der Waals surface area contributed by atoms with Crippen LogP contribution in [0.15, 0.2) is 22.5 Å². The first kappa shape index (κ1) is 19.3. The monoisotopic (exact) mass is 362 g/mol. The maximum Gasteiger partial charge on any atom is 0.176 e. The van der Waals surface area contributed by atoms with Crippen LogP contribution in [0.4, 0.5) is 0 Å². The van der Waals surface area contributed by atoms with Gasteiger partial charge in [0.2, 0.25) is 0 Å². The number of fused-ring (bicyclic) bond motifs is 3. The van der Waals surface area contributed by atoms with Crippen LogP contribution in [0.25, 0.3) is 0 Å². The molecule has 5 heteroatoms. The average Bonchev–Trinajstić information content (AvgIpc) is 2.94. The number of aliphatic hydroxyl groups excluding tert-OH is 1. The van der Waals surface area contributed by atoms with Crippen LogP contribution in [0.3, 0.4) is 0 Å². The first-order valence-corrected chi connectivity index (χ1v) is 9.42. The van der Waals surface area contributed by atoms with E-state index >= 15 is 0 Å². The van der Waals surface area contributed by atoms with Crippen LogP contribution in [-0.4, -0.2) is 38.1 Å². The number of carbonyl (C=O) groups is 2. The molecule has 26 heavy (non-hydrogen) atoms. The summed E-state index contributed by atoms with van der Waals surface area (Å²) < 4.78 is 0. The van der Waals surface area contributed by atoms with E-state index in [-0.39, 0.29) is 36.7 Å². The Morgan fingerprint density at radius 3 is 2.31 bits per heavy atom. The van der Waals surface area contributed by atoms with Gasteiger partial charge in [-0.05, 0) is 31.6 Å². The van der Waals surface area contributed by atoms with Crippen LogP contribution in [0, 0.1) is 23.2 Å². The van der Waals surface area contributed by atoms with Crippen molar-refractivity contribution in [2.45, 2.75) is 72.0 Å². The third-order valence-electron chi connectivity index (χ3n) is 6.94. The lowest BCUT2D eigenvalue weighted by molar-refractivity contribution is -0.155. The van der Waals surface area contributed by atoms with Gasteiger partial charge in [-0.15, -0.1) is 0 Å². The van der Waals surface area contributed by atoms with Gasteiger partial charge in [0.25, 0.3) is 0 Å². The predicted molar refractivity (Wildman–Crippen MR) is 97.4 cm³/mol. The van der Waals surface area contributed by atoms with Gasteiger partial charge in [0, 0.05) is 18.8 Å². The molecule has 0 aromatic carbocycles. The molecule has 0 saturated heterocycles. The van der Waals surface area contributed by atoms with Crippen LogP contribution in [0.5, 0.6) is 0 Å². The summed E-state index contributed by atoms with van der Waals surface area (Å²) >= 11 is 0. The lowest BCUT2D eigenvalue weighted by Gasteiger charge is -2.38. The summed E-state index contributed by atoms with van der Waals surface area (Å²) in [6.07, 6.45) is 0.585. The molecule has 0 spiro atoms. The molecule has 3 aliphatic carbocycles. The lowest BCUT2D eigenvalue weighted by Crippen LogP contribution is -2.55. The predicted octanol–water partition coefficient (Wildman–Crippen LogP) is 2.86. The SMILES string of the molecule is CC(C)=C1C[C@]2(O)[C@@H](C[C@@H]3C(=O)C(C(=O)CC(C)C)=C(O)[C@@]32O)C1(C)C. The van der Waals surface area contributed by atoms with Crippen molar-refractivity contribution < 1.29 is 24.9 Å². The largest absolute Gasteiger partial charge is 0.508 e. The van der Waals surface area contributed by atoms with Gasteiger partial charge in [0.1, 0.15) is 16.9 Å². The van der Waals surface area contributed by atoms with Gasteiger partial charge in [-0.2, -0.15) is 0 Å². The van der Waals surface area contributed by atoms with Crippen molar-refractivity contribution in [1.29, 1.82) is 0 Å². The summed E-state index contributed by atoms with van der Waals surface area (Å²) in [5.74, 6) is -2.87. The lowest BCUT2D eigenvalue weighted by atomic mass is 9.74. The van der Waals surface area contributed by atoms with Crippen molar-refractivity contribution in [3.05, 3.63) is 22.5 Å². The van der Waals surface area contributed by atoms with Crippen molar-refractivity contribution in [3.63, 3.8) is 0 Å². The number of aliphatic hydroxyl groups is 3. The van der Waals surface area contributed by atoms with Crippen molar-refractivity contribution in [2.24, 2.45) is 23.2 Å². The zero-order chi connectivity index (χ0) is 19.8. The number of hydrogen-bond acceptors (Lipinski definition) is 5. The Morgan fingerprint density at radius 1 is 1.23 bits per heavy atom. The highest BCUT2D eigenvalue weighted by molar-refractivity contribution is 6.24. The molecule has 0 unspecified atom stereocenters. The maximum atomic E-state index is 12.9. The zero-order valence-electron chi connectivity index (χ0n) is 16.5. The third-order valence-corrected chi connectivity index (χ3v) is 6.94. The molecule has 5 nitrogen and oxygen atoms in total. The van der Waals surface area contributed by atoms with Crippen LogP contribution in [-0.2, 0) is 9.59 Å². The second kappa shape index (κ2) is 5.52. The molecule has 3 N–H and O–H groups in total. The molecule has 0 radical (unpaired) electrons. The van der Waals surface area contributed by atoms with Crippen molar-refractivity contribution in [1.82, 2.24) is 0 Å². The van der Waals surface area contributed by atoms with Gasteiger partial charge < -0.3 is 15.3 Å². The normalized spacial score (nSPS) is 38.2. The molecular formula is C21H30O5. The molecular weight excluding hydrogens is 332 g/mol. The highest BCUT2D eigenvalue weighted by atomic mass is 16.4. The Bertz CT molecular complexity index is 752. The Balaban J connectivity index is 2.13. The minimum Gasteiger partial charge on any atom is -0.508 e. The molecule has 144 valence electrons.